The number of nitrogens with zero attached hydrogens (tertiary/aromatic N) is 1. The maximum atomic E-state index is 12.1. The number of carbonyl (C=O) groups excluding carboxylic acids is 2. The minimum Gasteiger partial charge on any atom is -0.468 e. The first-order valence-electron chi connectivity index (χ1n) is 7.53. The molecule has 0 heterocycles. The lowest BCUT2D eigenvalue weighted by Gasteiger charge is -2.27. The Balaban J connectivity index is 4.46. The minimum atomic E-state index is -0.548. The fourth-order valence-electron chi connectivity index (χ4n) is 1.73. The zero-order valence-corrected chi connectivity index (χ0v) is 14.6. The van der Waals surface area contributed by atoms with Gasteiger partial charge in [-0.3, -0.25) is 4.79 Å². The molecule has 0 bridgehead atoms. The molecule has 0 aliphatic rings. The van der Waals surface area contributed by atoms with E-state index in [9.17, 15) is 9.59 Å². The highest BCUT2D eigenvalue weighted by molar-refractivity contribution is 5.75. The van der Waals surface area contributed by atoms with E-state index in [1.165, 1.54) is 7.11 Å². The molecule has 0 aromatic rings. The van der Waals surface area contributed by atoms with E-state index in [0.29, 0.717) is 32.7 Å². The molecule has 22 heavy (non-hydrogen) atoms. The van der Waals surface area contributed by atoms with Gasteiger partial charge in [-0.1, -0.05) is 6.92 Å². The first-order chi connectivity index (χ1) is 10.2. The van der Waals surface area contributed by atoms with Gasteiger partial charge in [0.25, 0.3) is 0 Å². The Morgan fingerprint density at radius 2 is 1.82 bits per heavy atom. The first-order valence-corrected chi connectivity index (χ1v) is 7.53. The summed E-state index contributed by atoms with van der Waals surface area (Å²) in [6.45, 7) is 9.11. The molecule has 7 heteroatoms. The molecule has 1 amide bonds. The Kier molecular flexibility index (Phi) is 9.76. The molecule has 1 atom stereocenters. The highest BCUT2D eigenvalue weighted by Gasteiger charge is 2.22. The Labute approximate surface area is 133 Å². The minimum absolute atomic E-state index is 0.303. The largest absolute Gasteiger partial charge is 0.468 e. The summed E-state index contributed by atoms with van der Waals surface area (Å²) in [7, 11) is 2.94. The van der Waals surface area contributed by atoms with Crippen molar-refractivity contribution in [3.05, 3.63) is 0 Å². The number of amides is 1. The van der Waals surface area contributed by atoms with Gasteiger partial charge in [-0.05, 0) is 27.2 Å². The summed E-state index contributed by atoms with van der Waals surface area (Å²) in [5.41, 5.74) is -0.548. The quantitative estimate of drug-likeness (QED) is 0.648. The van der Waals surface area contributed by atoms with Crippen LogP contribution >= 0.6 is 0 Å². The number of hydrogen-bond acceptors (Lipinski definition) is 6. The molecule has 1 N–H and O–H groups in total. The molecule has 0 aromatic carbocycles. The second-order valence-corrected chi connectivity index (χ2v) is 5.90. The highest BCUT2D eigenvalue weighted by Crippen LogP contribution is 2.09. The van der Waals surface area contributed by atoms with Crippen molar-refractivity contribution < 1.29 is 23.8 Å². The van der Waals surface area contributed by atoms with Crippen LogP contribution in [0.5, 0.6) is 0 Å². The predicted octanol–water partition coefficient (Wildman–Crippen LogP) is 1.41. The maximum Gasteiger partial charge on any atom is 0.410 e. The zero-order chi connectivity index (χ0) is 17.2. The van der Waals surface area contributed by atoms with E-state index < -0.39 is 11.7 Å². The van der Waals surface area contributed by atoms with Crippen LogP contribution < -0.4 is 5.32 Å². The Hall–Kier alpha value is -1.34. The van der Waals surface area contributed by atoms with Crippen LogP contribution in [-0.2, 0) is 19.0 Å². The van der Waals surface area contributed by atoms with E-state index in [1.54, 1.807) is 12.0 Å². The molecule has 0 radical (unpaired) electrons. The smallest absolute Gasteiger partial charge is 0.410 e. The third-order valence-electron chi connectivity index (χ3n) is 2.88. The van der Waals surface area contributed by atoms with Crippen molar-refractivity contribution in [1.82, 2.24) is 10.2 Å². The number of esters is 1. The number of methoxy groups -OCH3 is 2. The molecule has 1 unspecified atom stereocenters. The van der Waals surface area contributed by atoms with Crippen molar-refractivity contribution in [2.45, 2.75) is 45.8 Å². The van der Waals surface area contributed by atoms with Gasteiger partial charge >= 0.3 is 12.1 Å². The van der Waals surface area contributed by atoms with E-state index in [0.717, 1.165) is 0 Å². The highest BCUT2D eigenvalue weighted by atomic mass is 16.6. The maximum absolute atomic E-state index is 12.1. The summed E-state index contributed by atoms with van der Waals surface area (Å²) in [5.74, 6) is -0.303. The van der Waals surface area contributed by atoms with Crippen LogP contribution in [0.3, 0.4) is 0 Å². The summed E-state index contributed by atoms with van der Waals surface area (Å²) in [5, 5.41) is 3.08. The van der Waals surface area contributed by atoms with Crippen LogP contribution in [0.1, 0.15) is 34.1 Å². The molecule has 0 saturated heterocycles. The number of rotatable bonds is 9. The van der Waals surface area contributed by atoms with E-state index in [1.807, 2.05) is 27.7 Å². The summed E-state index contributed by atoms with van der Waals surface area (Å²) >= 11 is 0. The van der Waals surface area contributed by atoms with Crippen molar-refractivity contribution in [2.24, 2.45) is 0 Å². The van der Waals surface area contributed by atoms with Crippen LogP contribution in [-0.4, -0.2) is 69.1 Å². The van der Waals surface area contributed by atoms with Crippen LogP contribution in [0.15, 0.2) is 0 Å². The van der Waals surface area contributed by atoms with Gasteiger partial charge in [0, 0.05) is 26.7 Å². The topological polar surface area (TPSA) is 77.1 Å². The number of ether oxygens (including phenoxy) is 3. The summed E-state index contributed by atoms with van der Waals surface area (Å²) in [6.07, 6.45) is 0.231. The third kappa shape index (κ3) is 8.84. The summed E-state index contributed by atoms with van der Waals surface area (Å²) in [6, 6.07) is -0.368. The molecule has 0 spiro atoms. The second-order valence-electron chi connectivity index (χ2n) is 5.90. The van der Waals surface area contributed by atoms with Gasteiger partial charge in [0.2, 0.25) is 0 Å². The van der Waals surface area contributed by atoms with Crippen molar-refractivity contribution in [1.29, 1.82) is 0 Å². The lowest BCUT2D eigenvalue weighted by molar-refractivity contribution is -0.143. The Bertz CT molecular complexity index is 341. The van der Waals surface area contributed by atoms with Crippen LogP contribution in [0.4, 0.5) is 4.79 Å². The standard InChI is InChI=1S/C15H30N2O5/c1-7-12(13(18)21-6)16-8-9-17(10-11-20-5)14(19)22-15(2,3)4/h12,16H,7-11H2,1-6H3. The average molecular weight is 318 g/mol. The molecule has 0 rings (SSSR count). The van der Waals surface area contributed by atoms with Crippen LogP contribution in [0, 0.1) is 0 Å². The molecule has 0 aliphatic heterocycles. The number of nitrogens with one attached hydrogen (secondary N) is 1. The number of hydrogen-bond donors (Lipinski definition) is 1. The van der Waals surface area contributed by atoms with E-state index in [2.05, 4.69) is 5.32 Å². The normalized spacial score (nSPS) is 12.6. The monoisotopic (exact) mass is 318 g/mol. The van der Waals surface area contributed by atoms with E-state index >= 15 is 0 Å². The van der Waals surface area contributed by atoms with Gasteiger partial charge < -0.3 is 24.4 Å². The first kappa shape index (κ1) is 20.7. The molecule has 0 saturated carbocycles. The molecule has 0 fully saturated rings. The van der Waals surface area contributed by atoms with Crippen molar-refractivity contribution in [3.8, 4) is 0 Å². The SMILES string of the molecule is CCC(NCCN(CCOC)C(=O)OC(C)(C)C)C(=O)OC. The van der Waals surface area contributed by atoms with Gasteiger partial charge in [0.1, 0.15) is 11.6 Å². The lowest BCUT2D eigenvalue weighted by atomic mass is 10.2. The second kappa shape index (κ2) is 10.4. The van der Waals surface area contributed by atoms with Gasteiger partial charge in [-0.2, -0.15) is 0 Å². The molecule has 0 aliphatic carbocycles. The Morgan fingerprint density at radius 3 is 2.27 bits per heavy atom. The number of carbonyl (C=O) groups is 2. The summed E-state index contributed by atoms with van der Waals surface area (Å²) in [4.78, 5) is 25.2. The van der Waals surface area contributed by atoms with Crippen molar-refractivity contribution in [3.63, 3.8) is 0 Å². The van der Waals surface area contributed by atoms with Crippen molar-refractivity contribution >= 4 is 12.1 Å². The van der Waals surface area contributed by atoms with Gasteiger partial charge in [0.05, 0.1) is 13.7 Å². The molecule has 0 aromatic heterocycles. The fourth-order valence-corrected chi connectivity index (χ4v) is 1.73. The van der Waals surface area contributed by atoms with E-state index in [-0.39, 0.29) is 12.0 Å². The molecular formula is C15H30N2O5. The molecule has 7 nitrogen and oxygen atoms in total. The van der Waals surface area contributed by atoms with E-state index in [4.69, 9.17) is 14.2 Å². The molecule has 130 valence electrons. The molecular weight excluding hydrogens is 288 g/mol. The van der Waals surface area contributed by atoms with Gasteiger partial charge in [-0.25, -0.2) is 4.79 Å². The van der Waals surface area contributed by atoms with Crippen molar-refractivity contribution in [2.75, 3.05) is 40.5 Å². The average Bonchev–Trinajstić information content (AvgIpc) is 2.44. The van der Waals surface area contributed by atoms with Gasteiger partial charge in [0.15, 0.2) is 0 Å². The van der Waals surface area contributed by atoms with Crippen LogP contribution in [0.2, 0.25) is 0 Å². The van der Waals surface area contributed by atoms with Crippen LogP contribution in [0.25, 0.3) is 0 Å². The van der Waals surface area contributed by atoms with Gasteiger partial charge in [-0.15, -0.1) is 0 Å². The summed E-state index contributed by atoms with van der Waals surface area (Å²) < 4.78 is 15.1. The predicted molar refractivity (Wildman–Crippen MR) is 83.8 cm³/mol. The lowest BCUT2D eigenvalue weighted by Crippen LogP contribution is -2.45. The fraction of sp³-hybridized carbons (Fsp3) is 0.867. The third-order valence-corrected chi connectivity index (χ3v) is 2.88. The Morgan fingerprint density at radius 1 is 1.18 bits per heavy atom. The zero-order valence-electron chi connectivity index (χ0n) is 14.6.